The second kappa shape index (κ2) is 14.2. The highest BCUT2D eigenvalue weighted by molar-refractivity contribution is 14.1. The van der Waals surface area contributed by atoms with Crippen molar-refractivity contribution >= 4 is 34.2 Å². The fraction of sp³-hybridized carbons (Fsp3) is 0.514. The van der Waals surface area contributed by atoms with Crippen molar-refractivity contribution in [2.24, 2.45) is 15.8 Å². The zero-order chi connectivity index (χ0) is 32.2. The minimum Gasteiger partial charge on any atom is -0.375 e. The molecule has 5 rings (SSSR count). The van der Waals surface area contributed by atoms with Crippen LogP contribution in [0.4, 0.5) is 0 Å². The number of ether oxygens (including phenoxy) is 4. The van der Waals surface area contributed by atoms with E-state index in [0.29, 0.717) is 39.1 Å². The van der Waals surface area contributed by atoms with E-state index in [1.807, 2.05) is 57.2 Å². The summed E-state index contributed by atoms with van der Waals surface area (Å²) in [5.41, 5.74) is 3.81. The number of rotatable bonds is 10. The molecule has 7 nitrogen and oxygen atoms in total. The average Bonchev–Trinajstić information content (AvgIpc) is 3.49. The molecule has 0 spiro atoms. The van der Waals surface area contributed by atoms with E-state index in [1.165, 1.54) is 0 Å². The molecule has 0 bridgehead atoms. The fourth-order valence-corrected chi connectivity index (χ4v) is 7.22. The molecule has 1 unspecified atom stereocenters. The topological polar surface area (TPSA) is 78.4 Å². The molecule has 3 aliphatic heterocycles. The molecule has 0 saturated carbocycles. The van der Waals surface area contributed by atoms with Crippen LogP contribution in [0.5, 0.6) is 0 Å². The van der Waals surface area contributed by atoms with Crippen molar-refractivity contribution < 1.29 is 23.7 Å². The highest BCUT2D eigenvalue weighted by atomic mass is 127. The van der Waals surface area contributed by atoms with Crippen LogP contribution in [0, 0.1) is 10.8 Å². The molecule has 3 heterocycles. The molecule has 6 atom stereocenters. The van der Waals surface area contributed by atoms with Gasteiger partial charge in [0.05, 0.1) is 55.5 Å². The van der Waals surface area contributed by atoms with Gasteiger partial charge in [-0.1, -0.05) is 97.1 Å². The van der Waals surface area contributed by atoms with Crippen LogP contribution in [0.1, 0.15) is 71.9 Å². The van der Waals surface area contributed by atoms with Crippen LogP contribution in [0.3, 0.4) is 0 Å². The van der Waals surface area contributed by atoms with E-state index in [9.17, 15) is 4.79 Å². The number of benzene rings is 2. The Morgan fingerprint density at radius 2 is 1.58 bits per heavy atom. The molecular weight excluding hydrogens is 679 g/mol. The van der Waals surface area contributed by atoms with Crippen LogP contribution in [0.2, 0.25) is 0 Å². The van der Waals surface area contributed by atoms with Crippen molar-refractivity contribution in [2.45, 2.75) is 104 Å². The number of nitrogens with one attached hydrogen (secondary N) is 1. The molecule has 1 N–H and O–H groups in total. The van der Waals surface area contributed by atoms with Gasteiger partial charge in [0, 0.05) is 41.5 Å². The average molecular weight is 727 g/mol. The Labute approximate surface area is 282 Å². The predicted molar refractivity (Wildman–Crippen MR) is 186 cm³/mol. The summed E-state index contributed by atoms with van der Waals surface area (Å²) in [4.78, 5) is 17.7. The SMILES string of the molecule is C[C@H]1O[C@@H]([C@]2(C)CC(/C=C3\NC(=O)CC3(C)COC(C)(C)C)=NC/2=C\I)[C@H](OCc2ccccc2)C[C@H]1OCc1ccccc1. The van der Waals surface area contributed by atoms with Gasteiger partial charge in [-0.2, -0.15) is 0 Å². The fourth-order valence-electron chi connectivity index (χ4n) is 6.37. The van der Waals surface area contributed by atoms with Crippen LogP contribution < -0.4 is 5.32 Å². The molecule has 242 valence electrons. The van der Waals surface area contributed by atoms with Crippen LogP contribution in [0.15, 0.2) is 87.2 Å². The smallest absolute Gasteiger partial charge is 0.225 e. The first-order valence-corrected chi connectivity index (χ1v) is 17.1. The third-order valence-corrected chi connectivity index (χ3v) is 9.63. The molecular formula is C37H47IN2O5. The van der Waals surface area contributed by atoms with Gasteiger partial charge in [0.1, 0.15) is 0 Å². The van der Waals surface area contributed by atoms with E-state index < -0.39 is 10.8 Å². The molecule has 0 aliphatic carbocycles. The van der Waals surface area contributed by atoms with Crippen molar-refractivity contribution in [1.82, 2.24) is 5.32 Å². The molecule has 2 aromatic carbocycles. The van der Waals surface area contributed by atoms with Crippen molar-refractivity contribution in [2.75, 3.05) is 6.61 Å². The summed E-state index contributed by atoms with van der Waals surface area (Å²) < 4.78 is 28.2. The summed E-state index contributed by atoms with van der Waals surface area (Å²) in [6.07, 6.45) is 3.12. The molecule has 0 radical (unpaired) electrons. The van der Waals surface area contributed by atoms with Crippen molar-refractivity contribution in [3.8, 4) is 0 Å². The quantitative estimate of drug-likeness (QED) is 0.254. The second-order valence-corrected chi connectivity index (χ2v) is 14.7. The summed E-state index contributed by atoms with van der Waals surface area (Å²) >= 11 is 2.28. The van der Waals surface area contributed by atoms with Crippen molar-refractivity contribution in [3.05, 3.63) is 93.3 Å². The lowest BCUT2D eigenvalue weighted by Gasteiger charge is -2.46. The Bertz CT molecular complexity index is 1420. The Kier molecular flexibility index (Phi) is 10.7. The molecule has 45 heavy (non-hydrogen) atoms. The standard InChI is InChI=1S/C37H47IN2O5/c1-25-29(42-22-26-13-9-7-10-14-26)18-30(43-23-27-15-11-8-12-16-27)34(45-25)37(6)19-28(39-32(37)21-38)17-31-36(5,20-33(41)40-31)24-44-35(2,3)4/h7-17,21,25,29-30,34H,18-20,22-24H2,1-6H3,(H,40,41)/b31-17-,32-21-/t25-,29-,30-,34-,36?,37-/m1/s1. The Balaban J connectivity index is 1.37. The Morgan fingerprint density at radius 3 is 2.16 bits per heavy atom. The number of aliphatic imine (C=N–C) groups is 1. The highest BCUT2D eigenvalue weighted by Gasteiger charge is 2.52. The number of halogens is 1. The zero-order valence-corrected chi connectivity index (χ0v) is 29.5. The minimum absolute atomic E-state index is 0.00707. The van der Waals surface area contributed by atoms with Crippen molar-refractivity contribution in [1.29, 1.82) is 0 Å². The monoisotopic (exact) mass is 726 g/mol. The van der Waals surface area contributed by atoms with E-state index in [4.69, 9.17) is 23.9 Å². The van der Waals surface area contributed by atoms with E-state index in [0.717, 1.165) is 28.2 Å². The number of hydrogen-bond donors (Lipinski definition) is 1. The van der Waals surface area contributed by atoms with Crippen LogP contribution >= 0.6 is 22.6 Å². The lowest BCUT2D eigenvalue weighted by molar-refractivity contribution is -0.220. The van der Waals surface area contributed by atoms with Gasteiger partial charge >= 0.3 is 0 Å². The Morgan fingerprint density at radius 1 is 0.978 bits per heavy atom. The van der Waals surface area contributed by atoms with Gasteiger partial charge in [-0.25, -0.2) is 0 Å². The first kappa shape index (κ1) is 34.0. The van der Waals surface area contributed by atoms with E-state index in [1.54, 1.807) is 0 Å². The van der Waals surface area contributed by atoms with Crippen molar-refractivity contribution in [3.63, 3.8) is 0 Å². The van der Waals surface area contributed by atoms with Gasteiger partial charge in [0.15, 0.2) is 0 Å². The number of hydrogen-bond acceptors (Lipinski definition) is 6. The van der Waals surface area contributed by atoms with E-state index in [2.05, 4.69) is 83.1 Å². The minimum atomic E-state index is -0.444. The number of nitrogens with zero attached hydrogens (tertiary/aromatic N) is 1. The maximum absolute atomic E-state index is 12.6. The highest BCUT2D eigenvalue weighted by Crippen LogP contribution is 2.49. The molecule has 1 amide bonds. The zero-order valence-electron chi connectivity index (χ0n) is 27.3. The van der Waals surface area contributed by atoms with Gasteiger partial charge < -0.3 is 24.3 Å². The lowest BCUT2D eigenvalue weighted by Crippen LogP contribution is -2.54. The normalized spacial score (nSPS) is 32.2. The second-order valence-electron chi connectivity index (χ2n) is 14.1. The summed E-state index contributed by atoms with van der Waals surface area (Å²) in [5, 5.41) is 3.10. The molecule has 8 heteroatoms. The van der Waals surface area contributed by atoms with E-state index in [-0.39, 0.29) is 35.9 Å². The number of carbonyl (C=O) groups is 1. The summed E-state index contributed by atoms with van der Waals surface area (Å²) in [6.45, 7) is 14.0. The van der Waals surface area contributed by atoms with E-state index >= 15 is 0 Å². The predicted octanol–water partition coefficient (Wildman–Crippen LogP) is 7.69. The van der Waals surface area contributed by atoms with Gasteiger partial charge in [0.2, 0.25) is 5.91 Å². The van der Waals surface area contributed by atoms with Gasteiger partial charge in [-0.05, 0) is 49.0 Å². The third kappa shape index (κ3) is 8.32. The maximum Gasteiger partial charge on any atom is 0.225 e. The third-order valence-electron chi connectivity index (χ3n) is 9.04. The number of amides is 1. The maximum atomic E-state index is 12.6. The summed E-state index contributed by atoms with van der Waals surface area (Å²) in [5.74, 6) is 0.00707. The lowest BCUT2D eigenvalue weighted by atomic mass is 9.74. The van der Waals surface area contributed by atoms with Gasteiger partial charge in [-0.3, -0.25) is 9.79 Å². The molecule has 2 saturated heterocycles. The first-order valence-electron chi connectivity index (χ1n) is 15.9. The number of carbonyl (C=O) groups excluding carboxylic acids is 1. The summed E-state index contributed by atoms with van der Waals surface area (Å²) in [7, 11) is 0. The molecule has 0 aromatic heterocycles. The van der Waals surface area contributed by atoms with Crippen LogP contribution in [-0.2, 0) is 37.0 Å². The van der Waals surface area contributed by atoms with Crippen LogP contribution in [-0.4, -0.2) is 48.2 Å². The van der Waals surface area contributed by atoms with Crippen LogP contribution in [0.25, 0.3) is 0 Å². The molecule has 2 aromatic rings. The summed E-state index contributed by atoms with van der Waals surface area (Å²) in [6, 6.07) is 20.5. The first-order chi connectivity index (χ1) is 21.4. The van der Waals surface area contributed by atoms with Gasteiger partial charge in [-0.15, -0.1) is 0 Å². The number of allylic oxidation sites excluding steroid dienone is 1. The molecule has 3 aliphatic rings. The molecule has 2 fully saturated rings. The largest absolute Gasteiger partial charge is 0.375 e. The van der Waals surface area contributed by atoms with Gasteiger partial charge in [0.25, 0.3) is 0 Å². The Hall–Kier alpha value is -2.37.